The fraction of sp³-hybridized carbons (Fsp3) is 1.00. The summed E-state index contributed by atoms with van der Waals surface area (Å²) in [5.74, 6) is 3.44. The molecule has 0 aromatic heterocycles. The SMILES string of the molecule is CCC1C(CC2CCC(O)CC2)CCC(CC)(CC2CCC(O)CC2)C1(CC)CC. The van der Waals surface area contributed by atoms with E-state index in [-0.39, 0.29) is 12.2 Å². The Morgan fingerprint density at radius 1 is 0.667 bits per heavy atom. The van der Waals surface area contributed by atoms with Gasteiger partial charge in [-0.05, 0) is 131 Å². The normalized spacial score (nSPS) is 42.2. The first-order chi connectivity index (χ1) is 14.4. The summed E-state index contributed by atoms with van der Waals surface area (Å²) in [6, 6.07) is 0. The van der Waals surface area contributed by atoms with Crippen LogP contribution in [0.2, 0.25) is 0 Å². The van der Waals surface area contributed by atoms with Gasteiger partial charge in [0, 0.05) is 0 Å². The summed E-state index contributed by atoms with van der Waals surface area (Å²) in [5.41, 5.74) is 0.993. The van der Waals surface area contributed by atoms with Crippen molar-refractivity contribution in [3.8, 4) is 0 Å². The molecule has 3 fully saturated rings. The van der Waals surface area contributed by atoms with Crippen LogP contribution in [0.4, 0.5) is 0 Å². The highest BCUT2D eigenvalue weighted by atomic mass is 16.3. The van der Waals surface area contributed by atoms with E-state index in [1.54, 1.807) is 0 Å². The predicted molar refractivity (Wildman–Crippen MR) is 127 cm³/mol. The summed E-state index contributed by atoms with van der Waals surface area (Å²) in [7, 11) is 0. The predicted octanol–water partition coefficient (Wildman–Crippen LogP) is 7.51. The van der Waals surface area contributed by atoms with Crippen LogP contribution in [0.5, 0.6) is 0 Å². The van der Waals surface area contributed by atoms with Crippen molar-refractivity contribution in [2.24, 2.45) is 34.5 Å². The molecular weight excluding hydrogens is 368 g/mol. The maximum atomic E-state index is 10.0. The van der Waals surface area contributed by atoms with Crippen molar-refractivity contribution < 1.29 is 10.2 Å². The van der Waals surface area contributed by atoms with Crippen molar-refractivity contribution in [1.82, 2.24) is 0 Å². The molecule has 2 N–H and O–H groups in total. The molecule has 3 rings (SSSR count). The van der Waals surface area contributed by atoms with Crippen LogP contribution in [0.15, 0.2) is 0 Å². The zero-order valence-corrected chi connectivity index (χ0v) is 20.7. The summed E-state index contributed by atoms with van der Waals surface area (Å²) >= 11 is 0. The van der Waals surface area contributed by atoms with Crippen molar-refractivity contribution in [1.29, 1.82) is 0 Å². The quantitative estimate of drug-likeness (QED) is 0.426. The second kappa shape index (κ2) is 10.7. The van der Waals surface area contributed by atoms with Gasteiger partial charge in [-0.25, -0.2) is 0 Å². The molecule has 3 atom stereocenters. The standard InChI is InChI=1S/C28H52O2/c1-5-26-23(19-21-9-13-24(29)14-10-21)17-18-27(6-2,28(26,7-3)8-4)20-22-11-15-25(30)16-12-22/h21-26,29-30H,5-20H2,1-4H3. The Bertz CT molecular complexity index is 497. The van der Waals surface area contributed by atoms with Crippen molar-refractivity contribution >= 4 is 0 Å². The summed E-state index contributed by atoms with van der Waals surface area (Å²) < 4.78 is 0. The molecule has 0 heterocycles. The number of hydrogen-bond acceptors (Lipinski definition) is 2. The molecule has 0 saturated heterocycles. The molecule has 3 aliphatic rings. The van der Waals surface area contributed by atoms with Crippen LogP contribution >= 0.6 is 0 Å². The first-order valence-corrected chi connectivity index (χ1v) is 13.8. The van der Waals surface area contributed by atoms with Gasteiger partial charge in [0.25, 0.3) is 0 Å². The van der Waals surface area contributed by atoms with Crippen LogP contribution in [0.1, 0.15) is 130 Å². The Kier molecular flexibility index (Phi) is 8.75. The molecular formula is C28H52O2. The Hall–Kier alpha value is -0.0800. The van der Waals surface area contributed by atoms with Gasteiger partial charge in [-0.1, -0.05) is 34.1 Å². The third-order valence-electron chi connectivity index (χ3n) is 10.7. The fourth-order valence-electron chi connectivity index (χ4n) is 8.98. The van der Waals surface area contributed by atoms with Gasteiger partial charge in [0.05, 0.1) is 12.2 Å². The molecule has 3 aliphatic carbocycles. The highest BCUT2D eigenvalue weighted by molar-refractivity contribution is 5.06. The number of rotatable bonds is 8. The first kappa shape index (κ1) is 24.6. The molecule has 0 radical (unpaired) electrons. The van der Waals surface area contributed by atoms with Crippen molar-refractivity contribution in [2.45, 2.75) is 143 Å². The first-order valence-electron chi connectivity index (χ1n) is 13.8. The second-order valence-corrected chi connectivity index (χ2v) is 11.6. The van der Waals surface area contributed by atoms with Crippen LogP contribution in [0.3, 0.4) is 0 Å². The van der Waals surface area contributed by atoms with Gasteiger partial charge in [0.15, 0.2) is 0 Å². The monoisotopic (exact) mass is 420 g/mol. The second-order valence-electron chi connectivity index (χ2n) is 11.6. The molecule has 2 nitrogen and oxygen atoms in total. The van der Waals surface area contributed by atoms with E-state index in [0.717, 1.165) is 49.4 Å². The topological polar surface area (TPSA) is 40.5 Å². The summed E-state index contributed by atoms with van der Waals surface area (Å²) in [6.07, 6.45) is 20.1. The third-order valence-corrected chi connectivity index (χ3v) is 10.7. The van der Waals surface area contributed by atoms with Gasteiger partial charge < -0.3 is 10.2 Å². The largest absolute Gasteiger partial charge is 0.393 e. The highest BCUT2D eigenvalue weighted by Gasteiger charge is 2.56. The summed E-state index contributed by atoms with van der Waals surface area (Å²) in [5, 5.41) is 20.0. The molecule has 0 aromatic carbocycles. The maximum Gasteiger partial charge on any atom is 0.0540 e. The molecule has 176 valence electrons. The lowest BCUT2D eigenvalue weighted by Crippen LogP contribution is -2.53. The summed E-state index contributed by atoms with van der Waals surface area (Å²) in [4.78, 5) is 0. The van der Waals surface area contributed by atoms with Gasteiger partial charge >= 0.3 is 0 Å². The van der Waals surface area contributed by atoms with E-state index in [4.69, 9.17) is 0 Å². The van der Waals surface area contributed by atoms with Gasteiger partial charge in [-0.3, -0.25) is 0 Å². The molecule has 3 unspecified atom stereocenters. The van der Waals surface area contributed by atoms with Crippen LogP contribution in [-0.2, 0) is 0 Å². The van der Waals surface area contributed by atoms with Crippen molar-refractivity contribution in [3.63, 3.8) is 0 Å². The van der Waals surface area contributed by atoms with E-state index in [0.29, 0.717) is 10.8 Å². The molecule has 0 bridgehead atoms. The van der Waals surface area contributed by atoms with Crippen molar-refractivity contribution in [3.05, 3.63) is 0 Å². The maximum absolute atomic E-state index is 10.0. The van der Waals surface area contributed by atoms with Crippen molar-refractivity contribution in [2.75, 3.05) is 0 Å². The van der Waals surface area contributed by atoms with Gasteiger partial charge in [0.1, 0.15) is 0 Å². The average Bonchev–Trinajstić information content (AvgIpc) is 2.77. The number of aliphatic hydroxyl groups excluding tert-OH is 2. The van der Waals surface area contributed by atoms with Crippen LogP contribution in [0, 0.1) is 34.5 Å². The van der Waals surface area contributed by atoms with Crippen LogP contribution < -0.4 is 0 Å². The van der Waals surface area contributed by atoms with E-state index >= 15 is 0 Å². The molecule has 0 spiro atoms. The van der Waals surface area contributed by atoms with Crippen LogP contribution in [0.25, 0.3) is 0 Å². The number of aliphatic hydroxyl groups is 2. The minimum absolute atomic E-state index is 0.0262. The van der Waals surface area contributed by atoms with Gasteiger partial charge in [-0.2, -0.15) is 0 Å². The lowest BCUT2D eigenvalue weighted by Gasteiger charge is -2.62. The lowest BCUT2D eigenvalue weighted by atomic mass is 9.43. The molecule has 0 aromatic rings. The minimum Gasteiger partial charge on any atom is -0.393 e. The Labute approximate surface area is 187 Å². The van der Waals surface area contributed by atoms with Gasteiger partial charge in [-0.15, -0.1) is 0 Å². The van der Waals surface area contributed by atoms with Gasteiger partial charge in [0.2, 0.25) is 0 Å². The summed E-state index contributed by atoms with van der Waals surface area (Å²) in [6.45, 7) is 9.97. The van der Waals surface area contributed by atoms with E-state index in [1.165, 1.54) is 77.0 Å². The average molecular weight is 421 g/mol. The van der Waals surface area contributed by atoms with Crippen LogP contribution in [-0.4, -0.2) is 22.4 Å². The highest BCUT2D eigenvalue weighted by Crippen LogP contribution is 2.65. The fourth-order valence-corrected chi connectivity index (χ4v) is 8.98. The van der Waals surface area contributed by atoms with E-state index in [2.05, 4.69) is 27.7 Å². The zero-order valence-electron chi connectivity index (χ0n) is 20.7. The molecule has 0 aliphatic heterocycles. The van der Waals surface area contributed by atoms with E-state index in [9.17, 15) is 10.2 Å². The smallest absolute Gasteiger partial charge is 0.0540 e. The van der Waals surface area contributed by atoms with E-state index < -0.39 is 0 Å². The van der Waals surface area contributed by atoms with E-state index in [1.807, 2.05) is 0 Å². The Morgan fingerprint density at radius 2 is 1.20 bits per heavy atom. The molecule has 3 saturated carbocycles. The number of hydrogen-bond donors (Lipinski definition) is 2. The zero-order chi connectivity index (χ0) is 21.8. The Balaban J connectivity index is 1.79. The molecule has 30 heavy (non-hydrogen) atoms. The minimum atomic E-state index is -0.0333. The molecule has 0 amide bonds. The molecule has 2 heteroatoms. The Morgan fingerprint density at radius 3 is 1.67 bits per heavy atom. The lowest BCUT2D eigenvalue weighted by molar-refractivity contribution is -0.126. The third kappa shape index (κ3) is 4.80.